The van der Waals surface area contributed by atoms with Crippen LogP contribution in [0.5, 0.6) is 0 Å². The molecule has 0 saturated carbocycles. The van der Waals surface area contributed by atoms with Gasteiger partial charge in [0.15, 0.2) is 0 Å². The zero-order valence-corrected chi connectivity index (χ0v) is 21.7. The van der Waals surface area contributed by atoms with E-state index in [1.807, 2.05) is 29.2 Å². The number of amides is 2. The average Bonchev–Trinajstić information content (AvgIpc) is 3.17. The Bertz CT molecular complexity index is 1080. The summed E-state index contributed by atoms with van der Waals surface area (Å²) in [5.41, 5.74) is 1.36. The van der Waals surface area contributed by atoms with E-state index in [2.05, 4.69) is 5.32 Å². The number of alkyl halides is 5. The number of nitrogens with zero attached hydrogens (tertiary/aromatic N) is 3. The van der Waals surface area contributed by atoms with Crippen molar-refractivity contribution in [1.82, 2.24) is 15.1 Å². The number of nitriles is 1. The molecule has 1 atom stereocenters. The SMILES string of the molecule is CCN1C(=O)C(CCNc2cccc(CCN3CCC(F)(F)CC3)c2)SC1=C(C#N)C(=O)NCC(F)(F)F. The van der Waals surface area contributed by atoms with Crippen LogP contribution in [0.15, 0.2) is 34.9 Å². The van der Waals surface area contributed by atoms with Gasteiger partial charge in [-0.2, -0.15) is 18.4 Å². The summed E-state index contributed by atoms with van der Waals surface area (Å²) in [5, 5.41) is 13.8. The van der Waals surface area contributed by atoms with Gasteiger partial charge in [0.05, 0.1) is 5.25 Å². The molecule has 7 nitrogen and oxygen atoms in total. The summed E-state index contributed by atoms with van der Waals surface area (Å²) >= 11 is 1.00. The molecular formula is C25H30F5N5O2S. The lowest BCUT2D eigenvalue weighted by Crippen LogP contribution is -2.40. The summed E-state index contributed by atoms with van der Waals surface area (Å²) in [6.07, 6.45) is -3.79. The molecule has 2 saturated heterocycles. The van der Waals surface area contributed by atoms with Gasteiger partial charge in [0.1, 0.15) is 23.2 Å². The third kappa shape index (κ3) is 8.33. The molecule has 0 aromatic heterocycles. The Hall–Kier alpha value is -2.85. The summed E-state index contributed by atoms with van der Waals surface area (Å²) in [6.45, 7) is 2.09. The van der Waals surface area contributed by atoms with E-state index >= 15 is 0 Å². The first-order chi connectivity index (χ1) is 17.9. The topological polar surface area (TPSA) is 88.5 Å². The van der Waals surface area contributed by atoms with Crippen LogP contribution in [0.3, 0.4) is 0 Å². The molecule has 2 fully saturated rings. The van der Waals surface area contributed by atoms with E-state index in [1.165, 1.54) is 4.90 Å². The maximum absolute atomic E-state index is 13.3. The highest BCUT2D eigenvalue weighted by Gasteiger charge is 2.39. The number of halogens is 5. The van der Waals surface area contributed by atoms with Crippen molar-refractivity contribution in [3.63, 3.8) is 0 Å². The van der Waals surface area contributed by atoms with Gasteiger partial charge in [0, 0.05) is 51.3 Å². The number of thioether (sulfide) groups is 1. The van der Waals surface area contributed by atoms with E-state index in [9.17, 15) is 36.8 Å². The van der Waals surface area contributed by atoms with E-state index in [4.69, 9.17) is 0 Å². The van der Waals surface area contributed by atoms with Crippen molar-refractivity contribution in [2.24, 2.45) is 0 Å². The minimum absolute atomic E-state index is 0.0575. The average molecular weight is 560 g/mol. The minimum atomic E-state index is -4.62. The van der Waals surface area contributed by atoms with Crippen LogP contribution in [-0.4, -0.2) is 78.2 Å². The van der Waals surface area contributed by atoms with Crippen molar-refractivity contribution in [1.29, 1.82) is 5.26 Å². The van der Waals surface area contributed by atoms with Crippen LogP contribution in [0.1, 0.15) is 31.7 Å². The molecule has 38 heavy (non-hydrogen) atoms. The number of nitrogens with one attached hydrogen (secondary N) is 2. The summed E-state index contributed by atoms with van der Waals surface area (Å²) in [6, 6.07) is 9.32. The first kappa shape index (κ1) is 29.7. The van der Waals surface area contributed by atoms with Gasteiger partial charge in [0.2, 0.25) is 5.91 Å². The molecule has 2 N–H and O–H groups in total. The standard InChI is InChI=1S/C25H30F5N5O2S/c1-2-35-22(37)20(38-23(35)19(15-31)21(36)33-16-25(28,29)30)6-10-32-18-5-3-4-17(14-18)7-11-34-12-8-24(26,27)9-13-34/h3-5,14,20,32H,2,6-13,16H2,1H3,(H,33,36). The summed E-state index contributed by atoms with van der Waals surface area (Å²) in [5.74, 6) is -4.06. The maximum atomic E-state index is 13.3. The number of carbonyl (C=O) groups excluding carboxylic acids is 2. The van der Waals surface area contributed by atoms with E-state index < -0.39 is 35.4 Å². The van der Waals surface area contributed by atoms with Crippen molar-refractivity contribution in [2.75, 3.05) is 44.6 Å². The molecule has 1 aromatic carbocycles. The first-order valence-corrected chi connectivity index (χ1v) is 13.2. The lowest BCUT2D eigenvalue weighted by atomic mass is 10.1. The van der Waals surface area contributed by atoms with Gasteiger partial charge in [-0.1, -0.05) is 23.9 Å². The number of piperidine rings is 1. The largest absolute Gasteiger partial charge is 0.405 e. The fraction of sp³-hybridized carbons (Fsp3) is 0.560. The minimum Gasteiger partial charge on any atom is -0.385 e. The Kier molecular flexibility index (Phi) is 10.0. The Labute approximate surface area is 222 Å². The highest BCUT2D eigenvalue weighted by Crippen LogP contribution is 2.38. The highest BCUT2D eigenvalue weighted by molar-refractivity contribution is 8.04. The molecule has 0 spiro atoms. The quantitative estimate of drug-likeness (QED) is 0.255. The predicted molar refractivity (Wildman–Crippen MR) is 134 cm³/mol. The number of anilines is 1. The second-order valence-electron chi connectivity index (χ2n) is 9.14. The van der Waals surface area contributed by atoms with Crippen LogP contribution >= 0.6 is 11.8 Å². The molecule has 2 aliphatic rings. The Morgan fingerprint density at radius 3 is 2.61 bits per heavy atom. The monoisotopic (exact) mass is 559 g/mol. The van der Waals surface area contributed by atoms with Crippen LogP contribution in [0, 0.1) is 11.3 Å². The number of hydrogen-bond acceptors (Lipinski definition) is 6. The second-order valence-corrected chi connectivity index (χ2v) is 10.3. The molecule has 1 unspecified atom stereocenters. The van der Waals surface area contributed by atoms with Crippen LogP contribution in [0.2, 0.25) is 0 Å². The molecule has 1 aromatic rings. The summed E-state index contributed by atoms with van der Waals surface area (Å²) < 4.78 is 64.1. The fourth-order valence-electron chi connectivity index (χ4n) is 4.24. The summed E-state index contributed by atoms with van der Waals surface area (Å²) in [7, 11) is 0. The van der Waals surface area contributed by atoms with Crippen molar-refractivity contribution in [3.8, 4) is 6.07 Å². The van der Waals surface area contributed by atoms with Gasteiger partial charge >= 0.3 is 6.18 Å². The second kappa shape index (κ2) is 12.8. The van der Waals surface area contributed by atoms with Gasteiger partial charge in [-0.3, -0.25) is 9.59 Å². The van der Waals surface area contributed by atoms with Gasteiger partial charge in [0.25, 0.3) is 11.8 Å². The number of carbonyl (C=O) groups is 2. The van der Waals surface area contributed by atoms with E-state index in [0.29, 0.717) is 39.0 Å². The van der Waals surface area contributed by atoms with E-state index in [0.717, 1.165) is 23.0 Å². The molecule has 0 radical (unpaired) electrons. The lowest BCUT2D eigenvalue weighted by molar-refractivity contribution is -0.136. The molecule has 13 heteroatoms. The summed E-state index contributed by atoms with van der Waals surface area (Å²) in [4.78, 5) is 28.3. The van der Waals surface area contributed by atoms with Crippen LogP contribution < -0.4 is 10.6 Å². The van der Waals surface area contributed by atoms with Crippen molar-refractivity contribution in [2.45, 2.75) is 50.0 Å². The molecule has 2 heterocycles. The molecule has 3 rings (SSSR count). The molecular weight excluding hydrogens is 529 g/mol. The Morgan fingerprint density at radius 2 is 1.97 bits per heavy atom. The van der Waals surface area contributed by atoms with Crippen molar-refractivity contribution in [3.05, 3.63) is 40.4 Å². The normalized spacial score (nSPS) is 21.2. The van der Waals surface area contributed by atoms with Gasteiger partial charge in [-0.05, 0) is 37.5 Å². The van der Waals surface area contributed by atoms with Crippen molar-refractivity contribution < 1.29 is 31.5 Å². The van der Waals surface area contributed by atoms with Gasteiger partial charge in [-0.25, -0.2) is 8.78 Å². The zero-order valence-electron chi connectivity index (χ0n) is 20.9. The number of likely N-dealkylation sites (tertiary alicyclic amines) is 1. The van der Waals surface area contributed by atoms with Crippen molar-refractivity contribution >= 4 is 29.3 Å². The molecule has 0 bridgehead atoms. The Morgan fingerprint density at radius 1 is 1.26 bits per heavy atom. The number of rotatable bonds is 10. The Balaban J connectivity index is 1.54. The fourth-order valence-corrected chi connectivity index (χ4v) is 5.57. The zero-order chi connectivity index (χ0) is 27.9. The van der Waals surface area contributed by atoms with Crippen LogP contribution in [0.25, 0.3) is 0 Å². The van der Waals surface area contributed by atoms with Crippen LogP contribution in [0.4, 0.5) is 27.6 Å². The van der Waals surface area contributed by atoms with E-state index in [1.54, 1.807) is 18.3 Å². The first-order valence-electron chi connectivity index (χ1n) is 12.3. The molecule has 208 valence electrons. The predicted octanol–water partition coefficient (Wildman–Crippen LogP) is 4.14. The number of hydrogen-bond donors (Lipinski definition) is 2. The molecule has 2 amide bonds. The molecule has 2 aliphatic heterocycles. The third-order valence-corrected chi connectivity index (χ3v) is 7.70. The highest BCUT2D eigenvalue weighted by atomic mass is 32.2. The van der Waals surface area contributed by atoms with Gasteiger partial charge in [-0.15, -0.1) is 0 Å². The van der Waals surface area contributed by atoms with Crippen LogP contribution in [-0.2, 0) is 16.0 Å². The third-order valence-electron chi connectivity index (χ3n) is 6.33. The maximum Gasteiger partial charge on any atom is 0.405 e. The number of benzene rings is 1. The van der Waals surface area contributed by atoms with E-state index in [-0.39, 0.29) is 30.3 Å². The lowest BCUT2D eigenvalue weighted by Gasteiger charge is -2.31. The van der Waals surface area contributed by atoms with Gasteiger partial charge < -0.3 is 20.4 Å². The molecule has 0 aliphatic carbocycles. The smallest absolute Gasteiger partial charge is 0.385 e.